The molecule has 0 radical (unpaired) electrons. The molecule has 1 N–H and O–H groups in total. The van der Waals surface area contributed by atoms with Gasteiger partial charge in [0.1, 0.15) is 0 Å². The second kappa shape index (κ2) is 7.28. The van der Waals surface area contributed by atoms with Crippen LogP contribution in [0.4, 0.5) is 0 Å². The lowest BCUT2D eigenvalue weighted by Crippen LogP contribution is -2.39. The Kier molecular flexibility index (Phi) is 5.68. The van der Waals surface area contributed by atoms with Gasteiger partial charge in [-0.2, -0.15) is 0 Å². The van der Waals surface area contributed by atoms with Gasteiger partial charge in [0.2, 0.25) is 0 Å². The molecule has 1 fully saturated rings. The number of halogens is 1. The molecule has 19 heavy (non-hydrogen) atoms. The molecule has 0 spiro atoms. The number of hydrogen-bond donors (Lipinski definition) is 1. The first-order valence-corrected chi connectivity index (χ1v) is 7.69. The standard InChI is InChI=1S/C16H24ClNO/c1-13(19)8-9-16-7-2-3-10-18(16)12-14-5-4-6-15(17)11-14/h4-6,11,13,16,19H,2-3,7-10,12H2,1H3. The predicted octanol–water partition coefficient (Wildman–Crippen LogP) is 3.86. The van der Waals surface area contributed by atoms with Gasteiger partial charge in [-0.15, -0.1) is 0 Å². The van der Waals surface area contributed by atoms with Crippen LogP contribution in [0.3, 0.4) is 0 Å². The fraction of sp³-hybridized carbons (Fsp3) is 0.625. The third-order valence-corrected chi connectivity index (χ3v) is 4.18. The van der Waals surface area contributed by atoms with E-state index < -0.39 is 0 Å². The van der Waals surface area contributed by atoms with E-state index in [4.69, 9.17) is 11.6 Å². The molecule has 0 saturated carbocycles. The largest absolute Gasteiger partial charge is 0.393 e. The van der Waals surface area contributed by atoms with Crippen LogP contribution in [0.5, 0.6) is 0 Å². The first-order valence-electron chi connectivity index (χ1n) is 7.31. The molecule has 2 rings (SSSR count). The number of aliphatic hydroxyl groups is 1. The van der Waals surface area contributed by atoms with E-state index in [2.05, 4.69) is 17.0 Å². The second-order valence-corrected chi connectivity index (χ2v) is 6.11. The van der Waals surface area contributed by atoms with Gasteiger partial charge in [0, 0.05) is 17.6 Å². The summed E-state index contributed by atoms with van der Waals surface area (Å²) < 4.78 is 0. The Labute approximate surface area is 121 Å². The molecule has 2 atom stereocenters. The first-order chi connectivity index (χ1) is 9.15. The van der Waals surface area contributed by atoms with Gasteiger partial charge in [-0.1, -0.05) is 30.2 Å². The summed E-state index contributed by atoms with van der Waals surface area (Å²) in [5.74, 6) is 0. The van der Waals surface area contributed by atoms with Gasteiger partial charge in [-0.3, -0.25) is 4.90 Å². The highest BCUT2D eigenvalue weighted by Crippen LogP contribution is 2.24. The van der Waals surface area contributed by atoms with Gasteiger partial charge in [0.15, 0.2) is 0 Å². The number of piperidine rings is 1. The molecule has 0 amide bonds. The van der Waals surface area contributed by atoms with Crippen LogP contribution in [0.2, 0.25) is 5.02 Å². The summed E-state index contributed by atoms with van der Waals surface area (Å²) in [5.41, 5.74) is 1.29. The van der Waals surface area contributed by atoms with Crippen molar-refractivity contribution in [2.24, 2.45) is 0 Å². The topological polar surface area (TPSA) is 23.5 Å². The Bertz CT molecular complexity index is 394. The molecule has 106 valence electrons. The summed E-state index contributed by atoms with van der Waals surface area (Å²) in [6.07, 6.45) is 5.67. The van der Waals surface area contributed by atoms with Crippen LogP contribution in [0.15, 0.2) is 24.3 Å². The van der Waals surface area contributed by atoms with Crippen LogP contribution in [-0.2, 0) is 6.54 Å². The summed E-state index contributed by atoms with van der Waals surface area (Å²) in [5, 5.41) is 10.3. The van der Waals surface area contributed by atoms with Crippen molar-refractivity contribution in [3.05, 3.63) is 34.9 Å². The minimum atomic E-state index is -0.185. The van der Waals surface area contributed by atoms with Crippen LogP contribution in [-0.4, -0.2) is 28.7 Å². The average molecular weight is 282 g/mol. The Morgan fingerprint density at radius 2 is 2.26 bits per heavy atom. The van der Waals surface area contributed by atoms with Crippen LogP contribution < -0.4 is 0 Å². The number of benzene rings is 1. The maximum Gasteiger partial charge on any atom is 0.0512 e. The highest BCUT2D eigenvalue weighted by Gasteiger charge is 2.22. The fourth-order valence-corrected chi connectivity index (χ4v) is 3.11. The molecule has 2 unspecified atom stereocenters. The zero-order valence-corrected chi connectivity index (χ0v) is 12.4. The van der Waals surface area contributed by atoms with E-state index in [-0.39, 0.29) is 6.10 Å². The lowest BCUT2D eigenvalue weighted by molar-refractivity contribution is 0.108. The predicted molar refractivity (Wildman–Crippen MR) is 80.4 cm³/mol. The van der Waals surface area contributed by atoms with Crippen molar-refractivity contribution in [2.75, 3.05) is 6.54 Å². The van der Waals surface area contributed by atoms with Crippen molar-refractivity contribution in [1.29, 1.82) is 0 Å². The van der Waals surface area contributed by atoms with Gasteiger partial charge in [0.25, 0.3) is 0 Å². The molecular formula is C16H24ClNO. The molecular weight excluding hydrogens is 258 g/mol. The van der Waals surface area contributed by atoms with E-state index in [0.717, 1.165) is 31.0 Å². The van der Waals surface area contributed by atoms with E-state index in [1.165, 1.54) is 24.8 Å². The van der Waals surface area contributed by atoms with E-state index in [0.29, 0.717) is 6.04 Å². The molecule has 1 aliphatic rings. The summed E-state index contributed by atoms with van der Waals surface area (Å²) >= 11 is 6.05. The lowest BCUT2D eigenvalue weighted by atomic mass is 9.96. The fourth-order valence-electron chi connectivity index (χ4n) is 2.90. The summed E-state index contributed by atoms with van der Waals surface area (Å²) in [7, 11) is 0. The molecule has 1 aromatic carbocycles. The number of hydrogen-bond acceptors (Lipinski definition) is 2. The van der Waals surface area contributed by atoms with Crippen molar-refractivity contribution >= 4 is 11.6 Å². The molecule has 1 aromatic rings. The van der Waals surface area contributed by atoms with E-state index in [1.54, 1.807) is 0 Å². The van der Waals surface area contributed by atoms with Crippen molar-refractivity contribution in [2.45, 2.75) is 57.7 Å². The van der Waals surface area contributed by atoms with Crippen LogP contribution in [0.25, 0.3) is 0 Å². The SMILES string of the molecule is CC(O)CCC1CCCCN1Cc1cccc(Cl)c1. The Morgan fingerprint density at radius 3 is 3.00 bits per heavy atom. The smallest absolute Gasteiger partial charge is 0.0512 e. The minimum absolute atomic E-state index is 0.185. The maximum atomic E-state index is 9.46. The summed E-state index contributed by atoms with van der Waals surface area (Å²) in [4.78, 5) is 2.55. The van der Waals surface area contributed by atoms with Crippen LogP contribution in [0.1, 0.15) is 44.6 Å². The molecule has 0 aliphatic carbocycles. The third-order valence-electron chi connectivity index (χ3n) is 3.94. The van der Waals surface area contributed by atoms with Crippen molar-refractivity contribution in [3.63, 3.8) is 0 Å². The van der Waals surface area contributed by atoms with E-state index in [1.807, 2.05) is 19.1 Å². The van der Waals surface area contributed by atoms with Crippen molar-refractivity contribution < 1.29 is 5.11 Å². The molecule has 3 heteroatoms. The number of rotatable bonds is 5. The number of nitrogens with zero attached hydrogens (tertiary/aromatic N) is 1. The molecule has 2 nitrogen and oxygen atoms in total. The van der Waals surface area contributed by atoms with Crippen molar-refractivity contribution in [1.82, 2.24) is 4.90 Å². The van der Waals surface area contributed by atoms with Gasteiger partial charge in [-0.25, -0.2) is 0 Å². The van der Waals surface area contributed by atoms with E-state index >= 15 is 0 Å². The quantitative estimate of drug-likeness (QED) is 0.886. The van der Waals surface area contributed by atoms with Crippen LogP contribution in [0, 0.1) is 0 Å². The summed E-state index contributed by atoms with van der Waals surface area (Å²) in [6.45, 7) is 4.02. The zero-order valence-electron chi connectivity index (χ0n) is 11.7. The summed E-state index contributed by atoms with van der Waals surface area (Å²) in [6, 6.07) is 8.76. The average Bonchev–Trinajstić information content (AvgIpc) is 2.38. The molecule has 0 aromatic heterocycles. The molecule has 1 heterocycles. The highest BCUT2D eigenvalue weighted by molar-refractivity contribution is 6.30. The first kappa shape index (κ1) is 14.8. The number of likely N-dealkylation sites (tertiary alicyclic amines) is 1. The van der Waals surface area contributed by atoms with Gasteiger partial charge in [0.05, 0.1) is 6.10 Å². The van der Waals surface area contributed by atoms with Crippen LogP contribution >= 0.6 is 11.6 Å². The number of aliphatic hydroxyl groups excluding tert-OH is 1. The third kappa shape index (κ3) is 4.79. The van der Waals surface area contributed by atoms with Gasteiger partial charge >= 0.3 is 0 Å². The Morgan fingerprint density at radius 1 is 1.42 bits per heavy atom. The van der Waals surface area contributed by atoms with Gasteiger partial charge < -0.3 is 5.11 Å². The maximum absolute atomic E-state index is 9.46. The molecule has 0 bridgehead atoms. The zero-order chi connectivity index (χ0) is 13.7. The van der Waals surface area contributed by atoms with Gasteiger partial charge in [-0.05, 0) is 56.8 Å². The Balaban J connectivity index is 1.95. The second-order valence-electron chi connectivity index (χ2n) is 5.68. The van der Waals surface area contributed by atoms with E-state index in [9.17, 15) is 5.11 Å². The molecule has 1 saturated heterocycles. The normalized spacial score (nSPS) is 22.4. The monoisotopic (exact) mass is 281 g/mol. The lowest BCUT2D eigenvalue weighted by Gasteiger charge is -2.36. The molecule has 1 aliphatic heterocycles. The Hall–Kier alpha value is -0.570. The van der Waals surface area contributed by atoms with Crippen molar-refractivity contribution in [3.8, 4) is 0 Å². The minimum Gasteiger partial charge on any atom is -0.393 e. The highest BCUT2D eigenvalue weighted by atomic mass is 35.5.